The lowest BCUT2D eigenvalue weighted by Gasteiger charge is -2.44. The number of aryl methyl sites for hydroxylation is 1. The Morgan fingerprint density at radius 1 is 1.07 bits per heavy atom. The summed E-state index contributed by atoms with van der Waals surface area (Å²) in [5.41, 5.74) is 7.42. The summed E-state index contributed by atoms with van der Waals surface area (Å²) in [4.78, 5) is 34.3. The Balaban J connectivity index is 1.65. The van der Waals surface area contributed by atoms with Crippen LogP contribution in [0.2, 0.25) is 0 Å². The summed E-state index contributed by atoms with van der Waals surface area (Å²) < 4.78 is 0. The monoisotopic (exact) mass is 364 g/mol. The number of hydrogen-bond donors (Lipinski definition) is 1. The summed E-state index contributed by atoms with van der Waals surface area (Å²) in [6.07, 6.45) is 4.63. The van der Waals surface area contributed by atoms with E-state index in [0.29, 0.717) is 37.3 Å². The molecule has 0 bridgehead atoms. The molecule has 2 aromatic rings. The fourth-order valence-corrected chi connectivity index (χ4v) is 4.30. The molecule has 0 radical (unpaired) electrons. The zero-order valence-corrected chi connectivity index (χ0v) is 15.5. The summed E-state index contributed by atoms with van der Waals surface area (Å²) in [7, 11) is 0. The molecule has 1 aromatic carbocycles. The smallest absolute Gasteiger partial charge is 0.256 e. The summed E-state index contributed by atoms with van der Waals surface area (Å²) >= 11 is 0. The summed E-state index contributed by atoms with van der Waals surface area (Å²) in [5.74, 6) is 0.271. The van der Waals surface area contributed by atoms with E-state index in [-0.39, 0.29) is 11.8 Å². The first-order chi connectivity index (χ1) is 13.0. The molecule has 2 aliphatic rings. The van der Waals surface area contributed by atoms with E-state index in [1.807, 2.05) is 36.1 Å². The Morgan fingerprint density at radius 2 is 1.78 bits per heavy atom. The molecule has 4 rings (SSSR count). The standard InChI is InChI=1S/C21H24N4O2/c1-15-4-7-17(8-5-15)24-12-2-10-21(20(24)27)11-3-13-25(21)19(26)16-6-9-18(22)23-14-16/h4-9,14H,2-3,10-13H2,1H3,(H2,22,23). The molecule has 2 amide bonds. The maximum Gasteiger partial charge on any atom is 0.256 e. The van der Waals surface area contributed by atoms with E-state index in [2.05, 4.69) is 4.98 Å². The predicted molar refractivity (Wildman–Crippen MR) is 104 cm³/mol. The minimum absolute atomic E-state index is 0.0341. The van der Waals surface area contributed by atoms with Gasteiger partial charge in [-0.3, -0.25) is 9.59 Å². The number of rotatable bonds is 2. The van der Waals surface area contributed by atoms with Crippen molar-refractivity contribution in [2.75, 3.05) is 23.7 Å². The zero-order chi connectivity index (χ0) is 19.0. The third kappa shape index (κ3) is 2.95. The average molecular weight is 364 g/mol. The Bertz CT molecular complexity index is 863. The molecule has 2 fully saturated rings. The minimum atomic E-state index is -0.748. The molecular weight excluding hydrogens is 340 g/mol. The molecule has 3 heterocycles. The fraction of sp³-hybridized carbons (Fsp3) is 0.381. The molecule has 6 nitrogen and oxygen atoms in total. The molecule has 27 heavy (non-hydrogen) atoms. The van der Waals surface area contributed by atoms with Crippen molar-refractivity contribution >= 4 is 23.3 Å². The topological polar surface area (TPSA) is 79.5 Å². The van der Waals surface area contributed by atoms with E-state index in [9.17, 15) is 9.59 Å². The van der Waals surface area contributed by atoms with Crippen LogP contribution in [-0.4, -0.2) is 40.3 Å². The van der Waals surface area contributed by atoms with E-state index in [0.717, 1.165) is 24.1 Å². The van der Waals surface area contributed by atoms with Crippen LogP contribution in [0.25, 0.3) is 0 Å². The Hall–Kier alpha value is -2.89. The number of aromatic nitrogens is 1. The molecular formula is C21H24N4O2. The van der Waals surface area contributed by atoms with E-state index in [4.69, 9.17) is 5.73 Å². The predicted octanol–water partition coefficient (Wildman–Crippen LogP) is 2.77. The van der Waals surface area contributed by atoms with Crippen LogP contribution in [-0.2, 0) is 4.79 Å². The molecule has 2 N–H and O–H groups in total. The Labute approximate surface area is 159 Å². The highest BCUT2D eigenvalue weighted by molar-refractivity contribution is 6.06. The van der Waals surface area contributed by atoms with Gasteiger partial charge in [-0.2, -0.15) is 0 Å². The van der Waals surface area contributed by atoms with Gasteiger partial charge in [-0.05, 0) is 56.9 Å². The van der Waals surface area contributed by atoms with Crippen molar-refractivity contribution in [2.24, 2.45) is 0 Å². The van der Waals surface area contributed by atoms with Gasteiger partial charge in [0.25, 0.3) is 11.8 Å². The molecule has 2 aliphatic heterocycles. The van der Waals surface area contributed by atoms with E-state index in [1.54, 1.807) is 17.0 Å². The largest absolute Gasteiger partial charge is 0.384 e. The Kier molecular flexibility index (Phi) is 4.34. The number of likely N-dealkylation sites (tertiary alicyclic amines) is 1. The SMILES string of the molecule is Cc1ccc(N2CCCC3(CCCN3C(=O)c3ccc(N)nc3)C2=O)cc1. The van der Waals surface area contributed by atoms with Gasteiger partial charge in [-0.1, -0.05) is 17.7 Å². The molecule has 1 aromatic heterocycles. The zero-order valence-electron chi connectivity index (χ0n) is 15.5. The number of anilines is 2. The minimum Gasteiger partial charge on any atom is -0.384 e. The first kappa shape index (κ1) is 17.5. The number of pyridine rings is 1. The van der Waals surface area contributed by atoms with Gasteiger partial charge in [0.2, 0.25) is 0 Å². The average Bonchev–Trinajstić information content (AvgIpc) is 3.09. The van der Waals surface area contributed by atoms with E-state index < -0.39 is 5.54 Å². The number of nitrogens with two attached hydrogens (primary N) is 1. The lowest BCUT2D eigenvalue weighted by atomic mass is 9.84. The second-order valence-corrected chi connectivity index (χ2v) is 7.46. The van der Waals surface area contributed by atoms with Crippen molar-refractivity contribution in [3.05, 3.63) is 53.7 Å². The second kappa shape index (κ2) is 6.68. The van der Waals surface area contributed by atoms with Crippen molar-refractivity contribution in [1.82, 2.24) is 9.88 Å². The maximum atomic E-state index is 13.5. The van der Waals surface area contributed by atoms with Crippen molar-refractivity contribution in [3.8, 4) is 0 Å². The molecule has 0 aliphatic carbocycles. The van der Waals surface area contributed by atoms with Crippen LogP contribution in [0.3, 0.4) is 0 Å². The highest BCUT2D eigenvalue weighted by Crippen LogP contribution is 2.40. The van der Waals surface area contributed by atoms with Crippen molar-refractivity contribution < 1.29 is 9.59 Å². The van der Waals surface area contributed by atoms with Gasteiger partial charge >= 0.3 is 0 Å². The van der Waals surface area contributed by atoms with Gasteiger partial charge in [0.1, 0.15) is 11.4 Å². The lowest BCUT2D eigenvalue weighted by Crippen LogP contribution is -2.61. The number of carbonyl (C=O) groups excluding carboxylic acids is 2. The normalized spacial score (nSPS) is 22.5. The number of nitrogens with zero attached hydrogens (tertiary/aromatic N) is 3. The van der Waals surface area contributed by atoms with Gasteiger partial charge in [0.05, 0.1) is 5.56 Å². The molecule has 2 saturated heterocycles. The van der Waals surface area contributed by atoms with Crippen LogP contribution in [0, 0.1) is 6.92 Å². The quantitative estimate of drug-likeness (QED) is 0.889. The highest BCUT2D eigenvalue weighted by atomic mass is 16.2. The molecule has 0 saturated carbocycles. The van der Waals surface area contributed by atoms with Crippen LogP contribution >= 0.6 is 0 Å². The lowest BCUT2D eigenvalue weighted by molar-refractivity contribution is -0.130. The van der Waals surface area contributed by atoms with Gasteiger partial charge < -0.3 is 15.5 Å². The highest BCUT2D eigenvalue weighted by Gasteiger charge is 2.53. The molecule has 1 atom stereocenters. The van der Waals surface area contributed by atoms with E-state index in [1.165, 1.54) is 6.20 Å². The van der Waals surface area contributed by atoms with Crippen LogP contribution < -0.4 is 10.6 Å². The number of nitrogen functional groups attached to an aromatic ring is 1. The molecule has 140 valence electrons. The summed E-state index contributed by atoms with van der Waals surface area (Å²) in [6.45, 7) is 3.31. The van der Waals surface area contributed by atoms with Crippen molar-refractivity contribution in [1.29, 1.82) is 0 Å². The number of piperidine rings is 1. The van der Waals surface area contributed by atoms with Gasteiger partial charge in [-0.15, -0.1) is 0 Å². The van der Waals surface area contributed by atoms with Crippen LogP contribution in [0.1, 0.15) is 41.6 Å². The summed E-state index contributed by atoms with van der Waals surface area (Å²) in [6, 6.07) is 11.3. The first-order valence-electron chi connectivity index (χ1n) is 9.43. The van der Waals surface area contributed by atoms with Gasteiger partial charge in [0.15, 0.2) is 0 Å². The van der Waals surface area contributed by atoms with Crippen molar-refractivity contribution in [3.63, 3.8) is 0 Å². The third-order valence-electron chi connectivity index (χ3n) is 5.73. The fourth-order valence-electron chi connectivity index (χ4n) is 4.30. The number of benzene rings is 1. The van der Waals surface area contributed by atoms with Gasteiger partial charge in [0, 0.05) is 25.0 Å². The molecule has 1 spiro atoms. The number of hydrogen-bond acceptors (Lipinski definition) is 4. The summed E-state index contributed by atoms with van der Waals surface area (Å²) in [5, 5.41) is 0. The maximum absolute atomic E-state index is 13.5. The van der Waals surface area contributed by atoms with Crippen LogP contribution in [0.4, 0.5) is 11.5 Å². The number of amides is 2. The van der Waals surface area contributed by atoms with Crippen LogP contribution in [0.15, 0.2) is 42.6 Å². The number of carbonyl (C=O) groups is 2. The second-order valence-electron chi connectivity index (χ2n) is 7.46. The molecule has 6 heteroatoms. The van der Waals surface area contributed by atoms with Crippen LogP contribution in [0.5, 0.6) is 0 Å². The molecule has 1 unspecified atom stereocenters. The first-order valence-corrected chi connectivity index (χ1v) is 9.43. The van der Waals surface area contributed by atoms with Gasteiger partial charge in [-0.25, -0.2) is 4.98 Å². The Morgan fingerprint density at radius 3 is 2.44 bits per heavy atom. The van der Waals surface area contributed by atoms with Crippen molar-refractivity contribution in [2.45, 2.75) is 38.1 Å². The van der Waals surface area contributed by atoms with E-state index >= 15 is 0 Å². The third-order valence-corrected chi connectivity index (χ3v) is 5.73.